The Balaban J connectivity index is 0.000000161. The maximum absolute atomic E-state index is 11.9. The number of carbonyl (C=O) groups is 3. The number of aliphatic hydroxyl groups is 1. The average Bonchev–Trinajstić information content (AvgIpc) is 2.66. The van der Waals surface area contributed by atoms with Crippen LogP contribution < -0.4 is 0 Å². The van der Waals surface area contributed by atoms with E-state index < -0.39 is 0 Å². The molecule has 3 fully saturated rings. The van der Waals surface area contributed by atoms with Crippen LogP contribution in [0.1, 0.15) is 91.9 Å². The molecular weight excluding hydrogens is 352 g/mol. The summed E-state index contributed by atoms with van der Waals surface area (Å²) in [5.41, 5.74) is 1.59. The van der Waals surface area contributed by atoms with E-state index >= 15 is 0 Å². The Labute approximate surface area is 169 Å². The Morgan fingerprint density at radius 1 is 0.893 bits per heavy atom. The minimum Gasteiger partial charge on any atom is -0.393 e. The Hall–Kier alpha value is -1.29. The maximum atomic E-state index is 11.9. The van der Waals surface area contributed by atoms with Crippen molar-refractivity contribution in [3.05, 3.63) is 11.1 Å². The van der Waals surface area contributed by atoms with Crippen molar-refractivity contribution in [1.82, 2.24) is 0 Å². The normalized spacial score (nSPS) is 41.0. The zero-order valence-corrected chi connectivity index (χ0v) is 18.0. The van der Waals surface area contributed by atoms with E-state index in [1.807, 2.05) is 13.8 Å². The molecule has 3 saturated carbocycles. The molecule has 0 aromatic heterocycles. The van der Waals surface area contributed by atoms with Gasteiger partial charge in [0.15, 0.2) is 5.78 Å². The van der Waals surface area contributed by atoms with Crippen molar-refractivity contribution < 1.29 is 19.5 Å². The largest absolute Gasteiger partial charge is 0.393 e. The third-order valence-electron chi connectivity index (χ3n) is 8.41. The van der Waals surface area contributed by atoms with E-state index in [4.69, 9.17) is 0 Å². The van der Waals surface area contributed by atoms with Gasteiger partial charge in [0.1, 0.15) is 11.6 Å². The first kappa shape index (κ1) is 21.4. The van der Waals surface area contributed by atoms with Crippen molar-refractivity contribution in [3.63, 3.8) is 0 Å². The second kappa shape index (κ2) is 7.85. The molecule has 0 aliphatic heterocycles. The highest BCUT2D eigenvalue weighted by molar-refractivity contribution is 6.01. The second-order valence-corrected chi connectivity index (χ2v) is 9.94. The Bertz CT molecular complexity index is 705. The molecule has 4 heteroatoms. The number of fused-ring (bicyclic) bond motifs is 2. The molecule has 0 aromatic carbocycles. The quantitative estimate of drug-likeness (QED) is 0.659. The molecule has 0 aromatic rings. The molecule has 156 valence electrons. The Morgan fingerprint density at radius 3 is 2.29 bits per heavy atom. The zero-order chi connectivity index (χ0) is 20.7. The molecule has 4 rings (SSSR count). The van der Waals surface area contributed by atoms with Gasteiger partial charge in [-0.05, 0) is 76.2 Å². The average molecular weight is 389 g/mol. The fourth-order valence-corrected chi connectivity index (χ4v) is 6.20. The summed E-state index contributed by atoms with van der Waals surface area (Å²) >= 11 is 0. The third kappa shape index (κ3) is 3.53. The molecule has 0 spiro atoms. The monoisotopic (exact) mass is 388 g/mol. The van der Waals surface area contributed by atoms with E-state index in [1.54, 1.807) is 0 Å². The first-order valence-corrected chi connectivity index (χ1v) is 11.1. The summed E-state index contributed by atoms with van der Waals surface area (Å²) in [5, 5.41) is 9.81. The van der Waals surface area contributed by atoms with Crippen LogP contribution in [0.25, 0.3) is 0 Å². The Morgan fingerprint density at radius 2 is 1.57 bits per heavy atom. The van der Waals surface area contributed by atoms with Gasteiger partial charge in [-0.15, -0.1) is 0 Å². The molecule has 2 unspecified atom stereocenters. The van der Waals surface area contributed by atoms with Crippen molar-refractivity contribution in [3.8, 4) is 0 Å². The SMILES string of the molecule is CC1=C2CCCC(=O)[C@@]2(C)CCC1=O.C[C@@H]1C(O)CC[C@]2(C)C(=O)CCCC12. The molecule has 28 heavy (non-hydrogen) atoms. The summed E-state index contributed by atoms with van der Waals surface area (Å²) in [7, 11) is 0. The lowest BCUT2D eigenvalue weighted by Gasteiger charge is -2.48. The topological polar surface area (TPSA) is 71.4 Å². The molecule has 0 heterocycles. The molecule has 0 radical (unpaired) electrons. The van der Waals surface area contributed by atoms with Gasteiger partial charge in [-0.2, -0.15) is 0 Å². The van der Waals surface area contributed by atoms with E-state index in [-0.39, 0.29) is 22.7 Å². The van der Waals surface area contributed by atoms with E-state index in [0.29, 0.717) is 36.2 Å². The molecule has 0 saturated heterocycles. The van der Waals surface area contributed by atoms with Crippen LogP contribution in [0, 0.1) is 22.7 Å². The van der Waals surface area contributed by atoms with Gasteiger partial charge in [-0.25, -0.2) is 0 Å². The van der Waals surface area contributed by atoms with Crippen molar-refractivity contribution in [1.29, 1.82) is 0 Å². The number of Topliss-reactive ketones (excluding diaryl/α,β-unsaturated/α-hetero) is 3. The number of hydrogen-bond acceptors (Lipinski definition) is 4. The molecule has 4 aliphatic carbocycles. The molecule has 4 aliphatic rings. The predicted molar refractivity (Wildman–Crippen MR) is 109 cm³/mol. The van der Waals surface area contributed by atoms with E-state index in [2.05, 4.69) is 13.8 Å². The highest BCUT2D eigenvalue weighted by Crippen LogP contribution is 2.50. The molecule has 5 atom stereocenters. The van der Waals surface area contributed by atoms with Gasteiger partial charge in [-0.3, -0.25) is 14.4 Å². The molecule has 4 nitrogen and oxygen atoms in total. The minimum absolute atomic E-state index is 0.114. The summed E-state index contributed by atoms with van der Waals surface area (Å²) < 4.78 is 0. The van der Waals surface area contributed by atoms with Gasteiger partial charge in [0.25, 0.3) is 0 Å². The second-order valence-electron chi connectivity index (χ2n) is 9.94. The molecule has 0 bridgehead atoms. The fourth-order valence-electron chi connectivity index (χ4n) is 6.20. The molecular formula is C24H36O4. The first-order chi connectivity index (χ1) is 13.1. The summed E-state index contributed by atoms with van der Waals surface area (Å²) in [5.74, 6) is 1.75. The zero-order valence-electron chi connectivity index (χ0n) is 18.0. The fraction of sp³-hybridized carbons (Fsp3) is 0.792. The van der Waals surface area contributed by atoms with Crippen LogP contribution in [0.15, 0.2) is 11.1 Å². The van der Waals surface area contributed by atoms with Gasteiger partial charge >= 0.3 is 0 Å². The summed E-state index contributed by atoms with van der Waals surface area (Å²) in [6, 6.07) is 0. The van der Waals surface area contributed by atoms with Crippen molar-refractivity contribution in [2.24, 2.45) is 22.7 Å². The summed E-state index contributed by atoms with van der Waals surface area (Å²) in [4.78, 5) is 35.3. The Kier molecular flexibility index (Phi) is 6.01. The minimum atomic E-state index is -0.295. The molecule has 0 amide bonds. The maximum Gasteiger partial charge on any atom is 0.158 e. The lowest BCUT2D eigenvalue weighted by atomic mass is 9.56. The van der Waals surface area contributed by atoms with E-state index in [0.717, 1.165) is 62.5 Å². The smallest absolute Gasteiger partial charge is 0.158 e. The van der Waals surface area contributed by atoms with Gasteiger partial charge < -0.3 is 5.11 Å². The lowest BCUT2D eigenvalue weighted by molar-refractivity contribution is -0.143. The van der Waals surface area contributed by atoms with Crippen LogP contribution in [-0.2, 0) is 14.4 Å². The molecule has 1 N–H and O–H groups in total. The number of ketones is 3. The number of rotatable bonds is 0. The summed E-state index contributed by atoms with van der Waals surface area (Å²) in [6.07, 6.45) is 8.28. The van der Waals surface area contributed by atoms with Crippen molar-refractivity contribution in [2.75, 3.05) is 0 Å². The number of carbonyl (C=O) groups excluding carboxylic acids is 3. The number of allylic oxidation sites excluding steroid dienone is 2. The number of aliphatic hydroxyl groups excluding tert-OH is 1. The lowest BCUT2D eigenvalue weighted by Crippen LogP contribution is -2.49. The first-order valence-electron chi connectivity index (χ1n) is 11.1. The van der Waals surface area contributed by atoms with Crippen LogP contribution in [0.3, 0.4) is 0 Å². The highest BCUT2D eigenvalue weighted by atomic mass is 16.3. The van der Waals surface area contributed by atoms with Gasteiger partial charge in [0, 0.05) is 30.1 Å². The predicted octanol–water partition coefficient (Wildman–Crippen LogP) is 4.58. The van der Waals surface area contributed by atoms with Crippen LogP contribution in [0.2, 0.25) is 0 Å². The number of hydrogen-bond donors (Lipinski definition) is 1. The van der Waals surface area contributed by atoms with E-state index in [1.165, 1.54) is 0 Å². The van der Waals surface area contributed by atoms with Crippen LogP contribution in [0.5, 0.6) is 0 Å². The van der Waals surface area contributed by atoms with Crippen molar-refractivity contribution >= 4 is 17.3 Å². The van der Waals surface area contributed by atoms with Gasteiger partial charge in [-0.1, -0.05) is 19.4 Å². The van der Waals surface area contributed by atoms with Gasteiger partial charge in [0.2, 0.25) is 0 Å². The standard InChI is InChI=1S/C12H20O2.C12H16O2/c2*1-8-9-4-3-5-11(14)12(9,2)7-6-10(8)13/h8-10,13H,3-7H2,1-2H3;3-7H2,1-2H3/t8-,9?,10?,12-;12-/m00/s1. The highest BCUT2D eigenvalue weighted by Gasteiger charge is 2.49. The summed E-state index contributed by atoms with van der Waals surface area (Å²) in [6.45, 7) is 8.11. The van der Waals surface area contributed by atoms with E-state index in [9.17, 15) is 19.5 Å². The van der Waals surface area contributed by atoms with Crippen molar-refractivity contribution in [2.45, 2.75) is 98.0 Å². The third-order valence-corrected chi connectivity index (χ3v) is 8.41. The van der Waals surface area contributed by atoms with Crippen LogP contribution in [-0.4, -0.2) is 28.6 Å². The van der Waals surface area contributed by atoms with Gasteiger partial charge in [0.05, 0.1) is 6.10 Å². The van der Waals surface area contributed by atoms with Crippen LogP contribution >= 0.6 is 0 Å². The van der Waals surface area contributed by atoms with Crippen LogP contribution in [0.4, 0.5) is 0 Å².